The van der Waals surface area contributed by atoms with Gasteiger partial charge < -0.3 is 19.3 Å². The molecule has 0 saturated carbocycles. The summed E-state index contributed by atoms with van der Waals surface area (Å²) in [6, 6.07) is 17.7. The predicted octanol–water partition coefficient (Wildman–Crippen LogP) is 4.95. The van der Waals surface area contributed by atoms with Crippen molar-refractivity contribution in [1.29, 1.82) is 0 Å². The SMILES string of the molecule is COC(C)c1ccc(Cc2c(C)n(CCN3CCCC(CO)C3)c3ccccc23)cc1. The lowest BCUT2D eigenvalue weighted by Gasteiger charge is -2.32. The van der Waals surface area contributed by atoms with Crippen LogP contribution in [-0.2, 0) is 17.7 Å². The van der Waals surface area contributed by atoms with E-state index in [-0.39, 0.29) is 6.10 Å². The molecule has 2 heterocycles. The molecule has 3 aromatic rings. The van der Waals surface area contributed by atoms with Gasteiger partial charge in [0.25, 0.3) is 0 Å². The van der Waals surface area contributed by atoms with Crippen molar-refractivity contribution in [1.82, 2.24) is 9.47 Å². The number of aliphatic hydroxyl groups is 1. The van der Waals surface area contributed by atoms with Crippen molar-refractivity contribution in [2.45, 2.75) is 45.8 Å². The molecule has 0 radical (unpaired) electrons. The van der Waals surface area contributed by atoms with Gasteiger partial charge in [0.1, 0.15) is 0 Å². The van der Waals surface area contributed by atoms with E-state index in [9.17, 15) is 5.11 Å². The van der Waals surface area contributed by atoms with Crippen LogP contribution >= 0.6 is 0 Å². The molecule has 0 bridgehead atoms. The predicted molar refractivity (Wildman–Crippen MR) is 128 cm³/mol. The van der Waals surface area contributed by atoms with Crippen LogP contribution in [0, 0.1) is 12.8 Å². The lowest BCUT2D eigenvalue weighted by atomic mass is 9.99. The van der Waals surface area contributed by atoms with Gasteiger partial charge in [0, 0.05) is 49.9 Å². The normalized spacial score (nSPS) is 18.5. The molecule has 1 aliphatic rings. The molecule has 2 aromatic carbocycles. The van der Waals surface area contributed by atoms with Gasteiger partial charge in [0.2, 0.25) is 0 Å². The minimum Gasteiger partial charge on any atom is -0.396 e. The summed E-state index contributed by atoms with van der Waals surface area (Å²) in [5.74, 6) is 0.440. The van der Waals surface area contributed by atoms with Crippen LogP contribution in [0.2, 0.25) is 0 Å². The van der Waals surface area contributed by atoms with Gasteiger partial charge in [-0.3, -0.25) is 0 Å². The average Bonchev–Trinajstić information content (AvgIpc) is 3.08. The number of hydrogen-bond donors (Lipinski definition) is 1. The molecule has 2 atom stereocenters. The molecule has 0 amide bonds. The molecule has 0 spiro atoms. The van der Waals surface area contributed by atoms with Gasteiger partial charge in [0.05, 0.1) is 6.10 Å². The number of ether oxygens (including phenoxy) is 1. The first kappa shape index (κ1) is 22.1. The highest BCUT2D eigenvalue weighted by Crippen LogP contribution is 2.29. The van der Waals surface area contributed by atoms with Gasteiger partial charge in [-0.2, -0.15) is 0 Å². The molecular weight excluding hydrogens is 384 g/mol. The number of rotatable bonds is 8. The van der Waals surface area contributed by atoms with Crippen LogP contribution in [-0.4, -0.2) is 47.9 Å². The number of fused-ring (bicyclic) bond motifs is 1. The van der Waals surface area contributed by atoms with Crippen LogP contribution in [0.15, 0.2) is 48.5 Å². The molecule has 31 heavy (non-hydrogen) atoms. The van der Waals surface area contributed by atoms with E-state index in [0.717, 1.165) is 39.0 Å². The van der Waals surface area contributed by atoms with Crippen molar-refractivity contribution in [2.75, 3.05) is 33.4 Å². The minimum absolute atomic E-state index is 0.123. The summed E-state index contributed by atoms with van der Waals surface area (Å²) in [4.78, 5) is 2.52. The molecule has 1 aliphatic heterocycles. The van der Waals surface area contributed by atoms with E-state index in [1.54, 1.807) is 7.11 Å². The fourth-order valence-corrected chi connectivity index (χ4v) is 5.01. The molecule has 0 aliphatic carbocycles. The van der Waals surface area contributed by atoms with Crippen LogP contribution in [0.1, 0.15) is 48.3 Å². The van der Waals surface area contributed by atoms with Gasteiger partial charge in [0.15, 0.2) is 0 Å². The maximum Gasteiger partial charge on any atom is 0.0793 e. The fourth-order valence-electron chi connectivity index (χ4n) is 5.01. The van der Waals surface area contributed by atoms with Crippen LogP contribution in [0.3, 0.4) is 0 Å². The summed E-state index contributed by atoms with van der Waals surface area (Å²) < 4.78 is 7.94. The van der Waals surface area contributed by atoms with E-state index in [2.05, 4.69) is 71.8 Å². The van der Waals surface area contributed by atoms with Crippen LogP contribution in [0.25, 0.3) is 10.9 Å². The number of para-hydroxylation sites is 1. The largest absolute Gasteiger partial charge is 0.396 e. The van der Waals surface area contributed by atoms with Gasteiger partial charge in [-0.15, -0.1) is 0 Å². The highest BCUT2D eigenvalue weighted by atomic mass is 16.5. The Balaban J connectivity index is 1.55. The molecule has 4 heteroatoms. The topological polar surface area (TPSA) is 37.6 Å². The lowest BCUT2D eigenvalue weighted by Crippen LogP contribution is -2.38. The zero-order valence-electron chi connectivity index (χ0n) is 19.2. The third-order valence-corrected chi connectivity index (χ3v) is 7.05. The smallest absolute Gasteiger partial charge is 0.0793 e. The van der Waals surface area contributed by atoms with Crippen molar-refractivity contribution in [2.24, 2.45) is 5.92 Å². The van der Waals surface area contributed by atoms with Gasteiger partial charge in [-0.1, -0.05) is 42.5 Å². The standard InChI is InChI=1S/C27H36N2O2/c1-20-26(17-22-10-12-24(13-11-22)21(2)31-3)25-8-4-5-9-27(25)29(20)16-15-28-14-6-7-23(18-28)19-30/h4-5,8-13,21,23,30H,6-7,14-19H2,1-3H3. The highest BCUT2D eigenvalue weighted by molar-refractivity contribution is 5.85. The first-order chi connectivity index (χ1) is 15.1. The number of nitrogens with zero attached hydrogens (tertiary/aromatic N) is 2. The zero-order chi connectivity index (χ0) is 21.8. The number of piperidine rings is 1. The van der Waals surface area contributed by atoms with Crippen LogP contribution in [0.5, 0.6) is 0 Å². The Morgan fingerprint density at radius 2 is 1.87 bits per heavy atom. The van der Waals surface area contributed by atoms with Crippen molar-refractivity contribution in [3.05, 3.63) is 70.9 Å². The average molecular weight is 421 g/mol. The van der Waals surface area contributed by atoms with E-state index < -0.39 is 0 Å². The van der Waals surface area contributed by atoms with E-state index in [4.69, 9.17) is 4.74 Å². The van der Waals surface area contributed by atoms with Crippen LogP contribution < -0.4 is 0 Å². The highest BCUT2D eigenvalue weighted by Gasteiger charge is 2.20. The summed E-state index contributed by atoms with van der Waals surface area (Å²) in [6.07, 6.45) is 3.42. The Morgan fingerprint density at radius 3 is 2.61 bits per heavy atom. The summed E-state index contributed by atoms with van der Waals surface area (Å²) in [5, 5.41) is 10.9. The first-order valence-corrected chi connectivity index (χ1v) is 11.6. The van der Waals surface area contributed by atoms with E-state index in [1.165, 1.54) is 39.7 Å². The summed E-state index contributed by atoms with van der Waals surface area (Å²) in [6.45, 7) is 8.87. The second kappa shape index (κ2) is 9.99. The number of likely N-dealkylation sites (tertiary alicyclic amines) is 1. The van der Waals surface area contributed by atoms with Crippen LogP contribution in [0.4, 0.5) is 0 Å². The third-order valence-electron chi connectivity index (χ3n) is 7.05. The van der Waals surface area contributed by atoms with E-state index in [1.807, 2.05) is 0 Å². The van der Waals surface area contributed by atoms with Crippen molar-refractivity contribution in [3.8, 4) is 0 Å². The van der Waals surface area contributed by atoms with Crippen molar-refractivity contribution >= 4 is 10.9 Å². The van der Waals surface area contributed by atoms with E-state index >= 15 is 0 Å². The lowest BCUT2D eigenvalue weighted by molar-refractivity contribution is 0.118. The third kappa shape index (κ3) is 4.87. The Morgan fingerprint density at radius 1 is 1.10 bits per heavy atom. The Hall–Kier alpha value is -2.14. The molecule has 4 rings (SSSR count). The number of benzene rings is 2. The molecule has 1 aromatic heterocycles. The maximum atomic E-state index is 9.55. The number of hydrogen-bond acceptors (Lipinski definition) is 3. The molecule has 1 N–H and O–H groups in total. The molecular formula is C27H36N2O2. The second-order valence-corrected chi connectivity index (χ2v) is 9.02. The van der Waals surface area contributed by atoms with Crippen molar-refractivity contribution in [3.63, 3.8) is 0 Å². The summed E-state index contributed by atoms with van der Waals surface area (Å²) in [5.41, 5.74) is 6.67. The molecule has 1 saturated heterocycles. The van der Waals surface area contributed by atoms with Gasteiger partial charge in [-0.25, -0.2) is 0 Å². The summed E-state index contributed by atoms with van der Waals surface area (Å²) in [7, 11) is 1.75. The Kier molecular flexibility index (Phi) is 7.11. The number of aromatic nitrogens is 1. The molecule has 1 fully saturated rings. The number of methoxy groups -OCH3 is 1. The maximum absolute atomic E-state index is 9.55. The zero-order valence-corrected chi connectivity index (χ0v) is 19.2. The minimum atomic E-state index is 0.123. The monoisotopic (exact) mass is 420 g/mol. The van der Waals surface area contributed by atoms with Gasteiger partial charge >= 0.3 is 0 Å². The quantitative estimate of drug-likeness (QED) is 0.560. The van der Waals surface area contributed by atoms with E-state index in [0.29, 0.717) is 12.5 Å². The fraction of sp³-hybridized carbons (Fsp3) is 0.481. The number of aliphatic hydroxyl groups excluding tert-OH is 1. The molecule has 2 unspecified atom stereocenters. The van der Waals surface area contributed by atoms with Gasteiger partial charge in [-0.05, 0) is 68.3 Å². The molecule has 4 nitrogen and oxygen atoms in total. The van der Waals surface area contributed by atoms with Crippen molar-refractivity contribution < 1.29 is 9.84 Å². The summed E-state index contributed by atoms with van der Waals surface area (Å²) >= 11 is 0. The Bertz CT molecular complexity index is 992. The first-order valence-electron chi connectivity index (χ1n) is 11.6. The molecule has 166 valence electrons. The second-order valence-electron chi connectivity index (χ2n) is 9.02. The Labute approximate surface area is 186 Å².